The molecule has 16 heavy (non-hydrogen) atoms. The first kappa shape index (κ1) is 12.0. The van der Waals surface area contributed by atoms with Crippen molar-refractivity contribution in [2.45, 2.75) is 70.3 Å². The molecule has 0 aromatic heterocycles. The number of rotatable bonds is 5. The Morgan fingerprint density at radius 3 is 2.56 bits per heavy atom. The van der Waals surface area contributed by atoms with E-state index in [-0.39, 0.29) is 0 Å². The molecule has 1 N–H and O–H groups in total. The molecule has 0 aromatic rings. The van der Waals surface area contributed by atoms with Crippen molar-refractivity contribution >= 4 is 0 Å². The van der Waals surface area contributed by atoms with Gasteiger partial charge in [-0.25, -0.2) is 0 Å². The van der Waals surface area contributed by atoms with Crippen molar-refractivity contribution in [3.8, 4) is 12.3 Å². The van der Waals surface area contributed by atoms with E-state index in [0.29, 0.717) is 5.41 Å². The third-order valence-electron chi connectivity index (χ3n) is 4.66. The molecule has 1 spiro atoms. The zero-order valence-corrected chi connectivity index (χ0v) is 10.4. The molecule has 1 heteroatoms. The molecule has 0 bridgehead atoms. The molecule has 90 valence electrons. The van der Waals surface area contributed by atoms with E-state index in [1.165, 1.54) is 64.3 Å². The van der Waals surface area contributed by atoms with Crippen LogP contribution < -0.4 is 5.32 Å². The minimum atomic E-state index is 0.713. The molecule has 1 atom stereocenters. The molecule has 0 amide bonds. The zero-order valence-electron chi connectivity index (χ0n) is 10.4. The third kappa shape index (κ3) is 2.61. The van der Waals surface area contributed by atoms with E-state index >= 15 is 0 Å². The Morgan fingerprint density at radius 1 is 1.12 bits per heavy atom. The fourth-order valence-corrected chi connectivity index (χ4v) is 3.50. The SMILES string of the molecule is C#CCCCCNC1CCC12CCCCC2. The summed E-state index contributed by atoms with van der Waals surface area (Å²) >= 11 is 0. The van der Waals surface area contributed by atoms with Crippen LogP contribution in [0.15, 0.2) is 0 Å². The van der Waals surface area contributed by atoms with E-state index in [2.05, 4.69) is 11.2 Å². The fourth-order valence-electron chi connectivity index (χ4n) is 3.50. The van der Waals surface area contributed by atoms with Crippen molar-refractivity contribution in [3.63, 3.8) is 0 Å². The monoisotopic (exact) mass is 219 g/mol. The number of hydrogen-bond donors (Lipinski definition) is 1. The average molecular weight is 219 g/mol. The lowest BCUT2D eigenvalue weighted by molar-refractivity contribution is 0.0232. The lowest BCUT2D eigenvalue weighted by Crippen LogP contribution is -2.54. The van der Waals surface area contributed by atoms with Gasteiger partial charge in [0.15, 0.2) is 0 Å². The van der Waals surface area contributed by atoms with Crippen LogP contribution in [0.25, 0.3) is 0 Å². The summed E-state index contributed by atoms with van der Waals surface area (Å²) in [5, 5.41) is 3.77. The Hall–Kier alpha value is -0.480. The third-order valence-corrected chi connectivity index (χ3v) is 4.66. The van der Waals surface area contributed by atoms with Crippen LogP contribution in [0.5, 0.6) is 0 Å². The molecule has 0 aliphatic heterocycles. The van der Waals surface area contributed by atoms with Crippen molar-refractivity contribution in [2.24, 2.45) is 5.41 Å². The van der Waals surface area contributed by atoms with Gasteiger partial charge in [-0.2, -0.15) is 0 Å². The largest absolute Gasteiger partial charge is 0.313 e. The maximum atomic E-state index is 5.25. The van der Waals surface area contributed by atoms with E-state index in [4.69, 9.17) is 6.42 Å². The molecular weight excluding hydrogens is 194 g/mol. The van der Waals surface area contributed by atoms with Crippen LogP contribution >= 0.6 is 0 Å². The van der Waals surface area contributed by atoms with Crippen LogP contribution in [0, 0.1) is 17.8 Å². The Bertz CT molecular complexity index is 245. The fraction of sp³-hybridized carbons (Fsp3) is 0.867. The summed E-state index contributed by atoms with van der Waals surface area (Å²) < 4.78 is 0. The van der Waals surface area contributed by atoms with Crippen molar-refractivity contribution in [1.29, 1.82) is 0 Å². The summed E-state index contributed by atoms with van der Waals surface area (Å²) in [6.45, 7) is 1.17. The number of hydrogen-bond acceptors (Lipinski definition) is 1. The van der Waals surface area contributed by atoms with E-state index in [1.54, 1.807) is 0 Å². The second-order valence-corrected chi connectivity index (χ2v) is 5.63. The lowest BCUT2D eigenvalue weighted by Gasteiger charge is -2.52. The Balaban J connectivity index is 1.64. The van der Waals surface area contributed by atoms with Crippen LogP contribution in [-0.4, -0.2) is 12.6 Å². The van der Waals surface area contributed by atoms with Gasteiger partial charge in [-0.1, -0.05) is 19.3 Å². The lowest BCUT2D eigenvalue weighted by atomic mass is 9.57. The highest BCUT2D eigenvalue weighted by atomic mass is 15.0. The van der Waals surface area contributed by atoms with E-state index in [1.807, 2.05) is 0 Å². The summed E-state index contributed by atoms with van der Waals surface area (Å²) in [5.41, 5.74) is 0.713. The highest BCUT2D eigenvalue weighted by molar-refractivity contribution is 5.01. The van der Waals surface area contributed by atoms with Crippen molar-refractivity contribution in [1.82, 2.24) is 5.32 Å². The summed E-state index contributed by atoms with van der Waals surface area (Å²) in [4.78, 5) is 0. The van der Waals surface area contributed by atoms with Crippen molar-refractivity contribution in [3.05, 3.63) is 0 Å². The van der Waals surface area contributed by atoms with Crippen molar-refractivity contribution < 1.29 is 0 Å². The van der Waals surface area contributed by atoms with E-state index in [9.17, 15) is 0 Å². The number of terminal acetylenes is 1. The van der Waals surface area contributed by atoms with Gasteiger partial charge in [0.25, 0.3) is 0 Å². The van der Waals surface area contributed by atoms with Gasteiger partial charge in [0, 0.05) is 12.5 Å². The maximum absolute atomic E-state index is 5.25. The molecule has 0 radical (unpaired) electrons. The van der Waals surface area contributed by atoms with Crippen LogP contribution in [0.3, 0.4) is 0 Å². The summed E-state index contributed by atoms with van der Waals surface area (Å²) in [7, 11) is 0. The molecule has 0 aromatic carbocycles. The second-order valence-electron chi connectivity index (χ2n) is 5.63. The standard InChI is InChI=1S/C15H25N/c1-2-3-4-8-13-16-14-9-12-15(14)10-6-5-7-11-15/h1,14,16H,3-13H2. The topological polar surface area (TPSA) is 12.0 Å². The molecule has 2 saturated carbocycles. The first-order valence-corrected chi connectivity index (χ1v) is 7.04. The Kier molecular flexibility index (Phi) is 4.29. The minimum Gasteiger partial charge on any atom is -0.313 e. The molecule has 0 saturated heterocycles. The van der Waals surface area contributed by atoms with Gasteiger partial charge >= 0.3 is 0 Å². The molecule has 2 rings (SSSR count). The Morgan fingerprint density at radius 2 is 1.94 bits per heavy atom. The summed E-state index contributed by atoms with van der Waals surface area (Å²) in [5.74, 6) is 2.71. The van der Waals surface area contributed by atoms with Gasteiger partial charge in [-0.3, -0.25) is 0 Å². The highest BCUT2D eigenvalue weighted by Gasteiger charge is 2.46. The number of unbranched alkanes of at least 4 members (excludes halogenated alkanes) is 2. The predicted molar refractivity (Wildman–Crippen MR) is 69.2 cm³/mol. The van der Waals surface area contributed by atoms with Gasteiger partial charge in [-0.05, 0) is 50.5 Å². The molecule has 2 aliphatic carbocycles. The first-order valence-electron chi connectivity index (χ1n) is 7.04. The molecule has 1 unspecified atom stereocenters. The number of nitrogens with one attached hydrogen (secondary N) is 1. The second kappa shape index (κ2) is 5.73. The molecule has 1 nitrogen and oxygen atoms in total. The zero-order chi connectivity index (χ0) is 11.3. The average Bonchev–Trinajstić information content (AvgIpc) is 2.33. The van der Waals surface area contributed by atoms with Crippen LogP contribution in [0.4, 0.5) is 0 Å². The van der Waals surface area contributed by atoms with Crippen LogP contribution in [0.1, 0.15) is 64.2 Å². The summed E-state index contributed by atoms with van der Waals surface area (Å²) in [6, 6.07) is 0.832. The first-order chi connectivity index (χ1) is 7.87. The smallest absolute Gasteiger partial charge is 0.0124 e. The molecule has 0 heterocycles. The van der Waals surface area contributed by atoms with E-state index < -0.39 is 0 Å². The van der Waals surface area contributed by atoms with E-state index in [0.717, 1.165) is 12.5 Å². The quantitative estimate of drug-likeness (QED) is 0.551. The highest BCUT2D eigenvalue weighted by Crippen LogP contribution is 2.51. The van der Waals surface area contributed by atoms with Crippen LogP contribution in [0.2, 0.25) is 0 Å². The predicted octanol–water partition coefficient (Wildman–Crippen LogP) is 3.49. The van der Waals surface area contributed by atoms with Gasteiger partial charge in [0.2, 0.25) is 0 Å². The molecule has 2 fully saturated rings. The van der Waals surface area contributed by atoms with Gasteiger partial charge in [0.1, 0.15) is 0 Å². The van der Waals surface area contributed by atoms with Gasteiger partial charge in [0.05, 0.1) is 0 Å². The summed E-state index contributed by atoms with van der Waals surface area (Å²) in [6.07, 6.45) is 18.9. The maximum Gasteiger partial charge on any atom is 0.0124 e. The van der Waals surface area contributed by atoms with Crippen LogP contribution in [-0.2, 0) is 0 Å². The minimum absolute atomic E-state index is 0.713. The van der Waals surface area contributed by atoms with Crippen molar-refractivity contribution in [2.75, 3.05) is 6.54 Å². The van der Waals surface area contributed by atoms with Gasteiger partial charge in [-0.15, -0.1) is 12.3 Å². The normalized spacial score (nSPS) is 27.3. The molecule has 2 aliphatic rings. The van der Waals surface area contributed by atoms with Gasteiger partial charge < -0.3 is 5.32 Å². The Labute approximate surface area is 100 Å². The molecular formula is C15H25N.